The summed E-state index contributed by atoms with van der Waals surface area (Å²) in [6.07, 6.45) is -1.95. The third-order valence-corrected chi connectivity index (χ3v) is 4.38. The van der Waals surface area contributed by atoms with Gasteiger partial charge in [-0.25, -0.2) is 4.79 Å². The van der Waals surface area contributed by atoms with Crippen LogP contribution in [0.4, 0.5) is 0 Å². The molecule has 0 fully saturated rings. The van der Waals surface area contributed by atoms with Crippen LogP contribution in [0.2, 0.25) is 0 Å². The SMILES string of the molecule is NC(N)=NCCCC(NC(=O)C(CC(=O)O)NC(=O)C(CCC(=O)O)NC(=O)C(N)CO)C(=O)O. The van der Waals surface area contributed by atoms with Gasteiger partial charge < -0.3 is 53.6 Å². The van der Waals surface area contributed by atoms with Gasteiger partial charge in [0, 0.05) is 13.0 Å². The van der Waals surface area contributed by atoms with Crippen molar-refractivity contribution in [1.82, 2.24) is 16.0 Å². The van der Waals surface area contributed by atoms with Crippen LogP contribution in [0.15, 0.2) is 4.99 Å². The zero-order valence-electron chi connectivity index (χ0n) is 18.7. The number of amides is 3. The predicted molar refractivity (Wildman–Crippen MR) is 118 cm³/mol. The normalized spacial score (nSPS) is 13.9. The number of nitrogens with zero attached hydrogens (tertiary/aromatic N) is 1. The van der Waals surface area contributed by atoms with E-state index in [1.165, 1.54) is 0 Å². The van der Waals surface area contributed by atoms with Crippen LogP contribution in [0.5, 0.6) is 0 Å². The van der Waals surface area contributed by atoms with E-state index < -0.39 is 85.7 Å². The highest BCUT2D eigenvalue weighted by atomic mass is 16.4. The molecule has 0 bridgehead atoms. The molecule has 0 aromatic heterocycles. The molecular formula is C18H31N7O10. The molecule has 0 spiro atoms. The number of aliphatic imine (C=N–C) groups is 1. The average Bonchev–Trinajstić information content (AvgIpc) is 2.76. The predicted octanol–water partition coefficient (Wildman–Crippen LogP) is -4.76. The van der Waals surface area contributed by atoms with Crippen molar-refractivity contribution in [3.63, 3.8) is 0 Å². The molecule has 13 N–H and O–H groups in total. The van der Waals surface area contributed by atoms with Gasteiger partial charge in [0.1, 0.15) is 24.2 Å². The average molecular weight is 505 g/mol. The van der Waals surface area contributed by atoms with Crippen molar-refractivity contribution in [3.05, 3.63) is 0 Å². The molecule has 198 valence electrons. The largest absolute Gasteiger partial charge is 0.481 e. The highest BCUT2D eigenvalue weighted by Gasteiger charge is 2.31. The standard InChI is InChI=1S/C18H31N7O10/c19-8(7-26)14(31)23-9(3-4-12(27)28)15(32)25-11(6-13(29)30)16(33)24-10(17(34)35)2-1-5-22-18(20)21/h8-11,26H,1-7,19H2,(H,23,31)(H,24,33)(H,25,32)(H,27,28)(H,29,30)(H,34,35)(H4,20,21,22). The maximum Gasteiger partial charge on any atom is 0.326 e. The molecule has 0 saturated carbocycles. The molecule has 0 aliphatic carbocycles. The van der Waals surface area contributed by atoms with Crippen LogP contribution in [-0.4, -0.2) is 99.3 Å². The number of carboxylic acids is 3. The van der Waals surface area contributed by atoms with Gasteiger partial charge in [0.15, 0.2) is 5.96 Å². The van der Waals surface area contributed by atoms with Gasteiger partial charge in [-0.2, -0.15) is 0 Å². The number of carbonyl (C=O) groups excluding carboxylic acids is 3. The van der Waals surface area contributed by atoms with Crippen molar-refractivity contribution >= 4 is 41.6 Å². The summed E-state index contributed by atoms with van der Waals surface area (Å²) in [5.41, 5.74) is 15.7. The van der Waals surface area contributed by atoms with Gasteiger partial charge in [0.25, 0.3) is 0 Å². The topological polar surface area (TPSA) is 310 Å². The van der Waals surface area contributed by atoms with Crippen LogP contribution in [0.1, 0.15) is 32.1 Å². The molecule has 0 aromatic carbocycles. The Kier molecular flexibility index (Phi) is 14.0. The number of nitrogens with two attached hydrogens (primary N) is 3. The minimum Gasteiger partial charge on any atom is -0.481 e. The number of hydrogen-bond acceptors (Lipinski definition) is 9. The monoisotopic (exact) mass is 505 g/mol. The third kappa shape index (κ3) is 13.3. The Morgan fingerprint density at radius 1 is 0.771 bits per heavy atom. The first-order valence-corrected chi connectivity index (χ1v) is 10.3. The van der Waals surface area contributed by atoms with Crippen molar-refractivity contribution in [2.75, 3.05) is 13.2 Å². The molecule has 3 amide bonds. The third-order valence-electron chi connectivity index (χ3n) is 4.38. The highest BCUT2D eigenvalue weighted by Crippen LogP contribution is 2.04. The lowest BCUT2D eigenvalue weighted by Gasteiger charge is -2.24. The van der Waals surface area contributed by atoms with Gasteiger partial charge in [0.05, 0.1) is 13.0 Å². The fraction of sp³-hybridized carbons (Fsp3) is 0.611. The van der Waals surface area contributed by atoms with E-state index in [9.17, 15) is 33.9 Å². The molecule has 17 nitrogen and oxygen atoms in total. The molecule has 4 atom stereocenters. The van der Waals surface area contributed by atoms with Crippen LogP contribution in [-0.2, 0) is 28.8 Å². The van der Waals surface area contributed by atoms with Crippen LogP contribution < -0.4 is 33.2 Å². The van der Waals surface area contributed by atoms with E-state index in [4.69, 9.17) is 32.5 Å². The van der Waals surface area contributed by atoms with Gasteiger partial charge in [-0.05, 0) is 19.3 Å². The number of rotatable bonds is 17. The van der Waals surface area contributed by atoms with E-state index in [1.807, 2.05) is 0 Å². The fourth-order valence-corrected chi connectivity index (χ4v) is 2.59. The van der Waals surface area contributed by atoms with E-state index in [1.54, 1.807) is 0 Å². The van der Waals surface area contributed by atoms with Gasteiger partial charge in [0.2, 0.25) is 17.7 Å². The first kappa shape index (κ1) is 31.0. The Hall–Kier alpha value is -3.99. The lowest BCUT2D eigenvalue weighted by molar-refractivity contribution is -0.143. The number of aliphatic hydroxyl groups is 1. The second-order valence-corrected chi connectivity index (χ2v) is 7.29. The summed E-state index contributed by atoms with van der Waals surface area (Å²) in [7, 11) is 0. The summed E-state index contributed by atoms with van der Waals surface area (Å²) in [4.78, 5) is 74.4. The molecule has 0 radical (unpaired) electrons. The van der Waals surface area contributed by atoms with Gasteiger partial charge in [-0.15, -0.1) is 0 Å². The molecule has 0 heterocycles. The second kappa shape index (κ2) is 15.8. The highest BCUT2D eigenvalue weighted by molar-refractivity contribution is 5.95. The fourth-order valence-electron chi connectivity index (χ4n) is 2.59. The lowest BCUT2D eigenvalue weighted by Crippen LogP contribution is -2.57. The summed E-state index contributed by atoms with van der Waals surface area (Å²) >= 11 is 0. The minimum absolute atomic E-state index is 0.0677. The van der Waals surface area contributed by atoms with E-state index in [2.05, 4.69) is 20.9 Å². The van der Waals surface area contributed by atoms with Crippen molar-refractivity contribution in [3.8, 4) is 0 Å². The Morgan fingerprint density at radius 3 is 1.80 bits per heavy atom. The summed E-state index contributed by atoms with van der Waals surface area (Å²) < 4.78 is 0. The van der Waals surface area contributed by atoms with Crippen LogP contribution in [0, 0.1) is 0 Å². The Labute approximate surface area is 199 Å². The Morgan fingerprint density at radius 2 is 1.31 bits per heavy atom. The molecule has 17 heteroatoms. The van der Waals surface area contributed by atoms with Crippen molar-refractivity contribution in [1.29, 1.82) is 0 Å². The summed E-state index contributed by atoms with van der Waals surface area (Å²) in [5, 5.41) is 42.5. The number of aliphatic hydroxyl groups excluding tert-OH is 1. The smallest absolute Gasteiger partial charge is 0.326 e. The number of aliphatic carboxylic acids is 3. The van der Waals surface area contributed by atoms with Crippen LogP contribution in [0.25, 0.3) is 0 Å². The molecule has 0 aliphatic heterocycles. The summed E-state index contributed by atoms with van der Waals surface area (Å²) in [6.45, 7) is -0.707. The Bertz CT molecular complexity index is 815. The van der Waals surface area contributed by atoms with E-state index in [0.717, 1.165) is 0 Å². The summed E-state index contributed by atoms with van der Waals surface area (Å²) in [5.74, 6) is -7.74. The van der Waals surface area contributed by atoms with Crippen molar-refractivity contribution in [2.45, 2.75) is 56.3 Å². The van der Waals surface area contributed by atoms with Gasteiger partial charge in [-0.3, -0.25) is 29.0 Å². The van der Waals surface area contributed by atoms with Crippen molar-refractivity contribution < 1.29 is 49.2 Å². The molecule has 0 saturated heterocycles. The van der Waals surface area contributed by atoms with Gasteiger partial charge in [-0.1, -0.05) is 0 Å². The molecule has 35 heavy (non-hydrogen) atoms. The summed E-state index contributed by atoms with van der Waals surface area (Å²) in [6, 6.07) is -6.20. The molecule has 0 rings (SSSR count). The first-order chi connectivity index (χ1) is 16.3. The second-order valence-electron chi connectivity index (χ2n) is 7.29. The van der Waals surface area contributed by atoms with Gasteiger partial charge >= 0.3 is 17.9 Å². The zero-order chi connectivity index (χ0) is 27.1. The van der Waals surface area contributed by atoms with E-state index in [-0.39, 0.29) is 25.3 Å². The molecule has 0 aromatic rings. The van der Waals surface area contributed by atoms with E-state index in [0.29, 0.717) is 0 Å². The number of guanidine groups is 1. The number of hydrogen-bond donors (Lipinski definition) is 10. The minimum atomic E-state index is -1.77. The molecule has 4 unspecified atom stereocenters. The Balaban J connectivity index is 5.49. The number of nitrogens with one attached hydrogen (secondary N) is 3. The van der Waals surface area contributed by atoms with Crippen molar-refractivity contribution in [2.24, 2.45) is 22.2 Å². The quantitative estimate of drug-likeness (QED) is 0.0504. The van der Waals surface area contributed by atoms with Crippen LogP contribution in [0.3, 0.4) is 0 Å². The zero-order valence-corrected chi connectivity index (χ0v) is 18.7. The van der Waals surface area contributed by atoms with E-state index >= 15 is 0 Å². The number of carboxylic acid groups (broad SMARTS) is 3. The molecule has 0 aliphatic rings. The lowest BCUT2D eigenvalue weighted by atomic mass is 10.1. The molecular weight excluding hydrogens is 474 g/mol. The number of carbonyl (C=O) groups is 6. The maximum absolute atomic E-state index is 12.6. The maximum atomic E-state index is 12.6. The first-order valence-electron chi connectivity index (χ1n) is 10.3. The van der Waals surface area contributed by atoms with Crippen LogP contribution >= 0.6 is 0 Å².